The monoisotopic (exact) mass is 236 g/mol. The van der Waals surface area contributed by atoms with Crippen LogP contribution in [-0.4, -0.2) is 37.6 Å². The van der Waals surface area contributed by atoms with Gasteiger partial charge in [0.1, 0.15) is 11.6 Å². The minimum absolute atomic E-state index is 0.0965. The first-order valence-electron chi connectivity index (χ1n) is 5.68. The van der Waals surface area contributed by atoms with Gasteiger partial charge in [0.15, 0.2) is 0 Å². The minimum Gasteiger partial charge on any atom is -0.483 e. The Bertz CT molecular complexity index is 379. The molecule has 0 aromatic heterocycles. The Morgan fingerprint density at radius 3 is 2.47 bits per heavy atom. The topological polar surface area (TPSA) is 43.2 Å². The van der Waals surface area contributed by atoms with Crippen molar-refractivity contribution in [3.8, 4) is 12.3 Å². The third-order valence-electron chi connectivity index (χ3n) is 2.81. The Hall–Kier alpha value is -1.50. The third kappa shape index (κ3) is 2.60. The van der Waals surface area contributed by atoms with Crippen molar-refractivity contribution >= 4 is 11.8 Å². The van der Waals surface area contributed by atoms with Gasteiger partial charge in [-0.1, -0.05) is 13.8 Å². The summed E-state index contributed by atoms with van der Waals surface area (Å²) in [5, 5.41) is 0. The molecule has 0 spiro atoms. The van der Waals surface area contributed by atoms with Crippen molar-refractivity contribution in [2.45, 2.75) is 38.8 Å². The first-order valence-corrected chi connectivity index (χ1v) is 5.68. The van der Waals surface area contributed by atoms with Crippen molar-refractivity contribution in [3.63, 3.8) is 0 Å². The maximum atomic E-state index is 5.37. The lowest BCUT2D eigenvalue weighted by atomic mass is 9.94. The van der Waals surface area contributed by atoms with Gasteiger partial charge in [-0.05, 0) is 12.8 Å². The Balaban J connectivity index is 3.16. The molecule has 2 atom stereocenters. The van der Waals surface area contributed by atoms with Crippen LogP contribution in [0, 0.1) is 18.3 Å². The molecule has 0 fully saturated rings. The summed E-state index contributed by atoms with van der Waals surface area (Å²) in [6.07, 6.45) is 5.81. The molecule has 4 heteroatoms. The molecule has 0 unspecified atom stereocenters. The summed E-state index contributed by atoms with van der Waals surface area (Å²) in [5.74, 6) is 4.11. The van der Waals surface area contributed by atoms with Crippen LogP contribution in [0.15, 0.2) is 9.98 Å². The summed E-state index contributed by atoms with van der Waals surface area (Å²) >= 11 is 0. The number of ether oxygens (including phenoxy) is 2. The third-order valence-corrected chi connectivity index (χ3v) is 2.81. The number of aliphatic imine (C=N–C) groups is 2. The van der Waals surface area contributed by atoms with Gasteiger partial charge in [0, 0.05) is 6.42 Å². The van der Waals surface area contributed by atoms with Crippen molar-refractivity contribution in [2.24, 2.45) is 15.9 Å². The van der Waals surface area contributed by atoms with Crippen molar-refractivity contribution in [1.29, 1.82) is 0 Å². The average Bonchev–Trinajstić information content (AvgIpc) is 2.28. The number of methoxy groups -OCH3 is 2. The van der Waals surface area contributed by atoms with Crippen LogP contribution in [0.5, 0.6) is 0 Å². The van der Waals surface area contributed by atoms with Crippen LogP contribution in [0.3, 0.4) is 0 Å². The van der Waals surface area contributed by atoms with Gasteiger partial charge in [0.2, 0.25) is 11.8 Å². The van der Waals surface area contributed by atoms with Crippen LogP contribution in [0.4, 0.5) is 0 Å². The van der Waals surface area contributed by atoms with E-state index in [0.29, 0.717) is 24.1 Å². The maximum Gasteiger partial charge on any atom is 0.213 e. The molecule has 0 saturated heterocycles. The number of hydrogen-bond acceptors (Lipinski definition) is 4. The van der Waals surface area contributed by atoms with Gasteiger partial charge in [-0.25, -0.2) is 9.98 Å². The van der Waals surface area contributed by atoms with E-state index in [4.69, 9.17) is 15.9 Å². The van der Waals surface area contributed by atoms with Crippen LogP contribution in [0.1, 0.15) is 27.2 Å². The molecule has 0 saturated carbocycles. The maximum absolute atomic E-state index is 5.37. The van der Waals surface area contributed by atoms with Crippen molar-refractivity contribution in [3.05, 3.63) is 0 Å². The highest BCUT2D eigenvalue weighted by Crippen LogP contribution is 2.26. The molecule has 0 N–H and O–H groups in total. The molecule has 1 heterocycles. The zero-order valence-electron chi connectivity index (χ0n) is 11.2. The van der Waals surface area contributed by atoms with E-state index in [1.165, 1.54) is 0 Å². The lowest BCUT2D eigenvalue weighted by Gasteiger charge is -2.32. The van der Waals surface area contributed by atoms with E-state index < -0.39 is 5.54 Å². The second-order valence-corrected chi connectivity index (χ2v) is 4.64. The van der Waals surface area contributed by atoms with Crippen LogP contribution in [0.25, 0.3) is 0 Å². The van der Waals surface area contributed by atoms with E-state index in [-0.39, 0.29) is 6.04 Å². The minimum atomic E-state index is -0.611. The van der Waals surface area contributed by atoms with E-state index in [1.807, 2.05) is 6.92 Å². The highest BCUT2D eigenvalue weighted by atomic mass is 16.5. The lowest BCUT2D eigenvalue weighted by Crippen LogP contribution is -2.44. The van der Waals surface area contributed by atoms with Gasteiger partial charge in [-0.2, -0.15) is 0 Å². The van der Waals surface area contributed by atoms with Crippen LogP contribution in [-0.2, 0) is 9.47 Å². The van der Waals surface area contributed by atoms with Crippen LogP contribution >= 0.6 is 0 Å². The SMILES string of the molecule is C#CC[C@@]1(C)N=C(OC)[C@H](C(C)C)N=C1OC. The number of terminal acetylenes is 1. The first-order chi connectivity index (χ1) is 7.98. The molecular weight excluding hydrogens is 216 g/mol. The summed E-state index contributed by atoms with van der Waals surface area (Å²) in [5.41, 5.74) is -0.611. The van der Waals surface area contributed by atoms with Gasteiger partial charge in [-0.15, -0.1) is 12.3 Å². The predicted molar refractivity (Wildman–Crippen MR) is 69.4 cm³/mol. The number of hydrogen-bond donors (Lipinski definition) is 0. The Morgan fingerprint density at radius 1 is 1.41 bits per heavy atom. The number of rotatable bonds is 2. The molecule has 17 heavy (non-hydrogen) atoms. The number of nitrogens with zero attached hydrogens (tertiary/aromatic N) is 2. The molecule has 0 aliphatic carbocycles. The van der Waals surface area contributed by atoms with Crippen molar-refractivity contribution in [2.75, 3.05) is 14.2 Å². The lowest BCUT2D eigenvalue weighted by molar-refractivity contribution is 0.312. The van der Waals surface area contributed by atoms with Crippen molar-refractivity contribution < 1.29 is 9.47 Å². The fourth-order valence-corrected chi connectivity index (χ4v) is 1.86. The first kappa shape index (κ1) is 13.6. The second-order valence-electron chi connectivity index (χ2n) is 4.64. The van der Waals surface area contributed by atoms with Crippen LogP contribution in [0.2, 0.25) is 0 Å². The Kier molecular flexibility index (Phi) is 4.17. The molecule has 94 valence electrons. The highest BCUT2D eigenvalue weighted by Gasteiger charge is 2.39. The van der Waals surface area contributed by atoms with Gasteiger partial charge in [-0.3, -0.25) is 0 Å². The predicted octanol–water partition coefficient (Wildman–Crippen LogP) is 1.90. The standard InChI is InChI=1S/C13H20N2O2/c1-7-8-13(4)12(17-6)14-10(9(2)3)11(15-13)16-5/h1,9-10H,8H2,2-6H3/t10-,13+/m0/s1. The van der Waals surface area contributed by atoms with Gasteiger partial charge in [0.25, 0.3) is 0 Å². The molecule has 4 nitrogen and oxygen atoms in total. The molecule has 1 rings (SSSR count). The smallest absolute Gasteiger partial charge is 0.213 e. The fraction of sp³-hybridized carbons (Fsp3) is 0.692. The molecule has 0 amide bonds. The van der Waals surface area contributed by atoms with E-state index >= 15 is 0 Å². The van der Waals surface area contributed by atoms with E-state index in [9.17, 15) is 0 Å². The largest absolute Gasteiger partial charge is 0.483 e. The molecule has 0 radical (unpaired) electrons. The zero-order valence-corrected chi connectivity index (χ0v) is 11.2. The average molecular weight is 236 g/mol. The summed E-state index contributed by atoms with van der Waals surface area (Å²) in [4.78, 5) is 9.14. The summed E-state index contributed by atoms with van der Waals surface area (Å²) in [7, 11) is 3.20. The normalized spacial score (nSPS) is 28.2. The molecule has 0 aromatic rings. The summed E-state index contributed by atoms with van der Waals surface area (Å²) in [6, 6.07) is -0.0965. The fourth-order valence-electron chi connectivity index (χ4n) is 1.86. The Labute approximate surface area is 103 Å². The molecule has 1 aliphatic heterocycles. The van der Waals surface area contributed by atoms with E-state index in [2.05, 4.69) is 29.8 Å². The van der Waals surface area contributed by atoms with Crippen LogP contribution < -0.4 is 0 Å². The van der Waals surface area contributed by atoms with Crippen molar-refractivity contribution in [1.82, 2.24) is 0 Å². The van der Waals surface area contributed by atoms with E-state index in [1.54, 1.807) is 14.2 Å². The quantitative estimate of drug-likeness (QED) is 0.687. The molecule has 0 bridgehead atoms. The van der Waals surface area contributed by atoms with Gasteiger partial charge in [0.05, 0.1) is 14.2 Å². The molecule has 0 aromatic carbocycles. The van der Waals surface area contributed by atoms with Gasteiger partial charge >= 0.3 is 0 Å². The summed E-state index contributed by atoms with van der Waals surface area (Å²) < 4.78 is 10.6. The molecular formula is C13H20N2O2. The second kappa shape index (κ2) is 5.22. The summed E-state index contributed by atoms with van der Waals surface area (Å²) in [6.45, 7) is 6.05. The van der Waals surface area contributed by atoms with E-state index in [0.717, 1.165) is 0 Å². The zero-order chi connectivity index (χ0) is 13.1. The van der Waals surface area contributed by atoms with Gasteiger partial charge < -0.3 is 9.47 Å². The highest BCUT2D eigenvalue weighted by molar-refractivity contribution is 5.96. The Morgan fingerprint density at radius 2 is 2.06 bits per heavy atom. The molecule has 1 aliphatic rings.